The molecule has 0 saturated carbocycles. The molecule has 4 heteroatoms. The SMILES string of the molecule is FC(F)(F)c1ccc(C#Cc2cc3ccccc3s2)cc1. The third-order valence-electron chi connectivity index (χ3n) is 2.97. The van der Waals surface area contributed by atoms with E-state index in [2.05, 4.69) is 11.8 Å². The van der Waals surface area contributed by atoms with Crippen molar-refractivity contribution >= 4 is 21.4 Å². The number of benzene rings is 2. The molecule has 3 aromatic rings. The smallest absolute Gasteiger partial charge is 0.166 e. The predicted molar refractivity (Wildman–Crippen MR) is 79.2 cm³/mol. The van der Waals surface area contributed by atoms with E-state index in [1.807, 2.05) is 30.3 Å². The minimum Gasteiger partial charge on any atom is -0.166 e. The molecule has 0 bridgehead atoms. The van der Waals surface area contributed by atoms with Crippen molar-refractivity contribution in [3.05, 3.63) is 70.6 Å². The van der Waals surface area contributed by atoms with E-state index in [0.29, 0.717) is 5.56 Å². The Kier molecular flexibility index (Phi) is 3.44. The lowest BCUT2D eigenvalue weighted by Gasteiger charge is -2.05. The highest BCUT2D eigenvalue weighted by atomic mass is 32.1. The van der Waals surface area contributed by atoms with Gasteiger partial charge in [-0.1, -0.05) is 30.0 Å². The van der Waals surface area contributed by atoms with Crippen LogP contribution in [-0.4, -0.2) is 0 Å². The summed E-state index contributed by atoms with van der Waals surface area (Å²) in [7, 11) is 0. The Bertz CT molecular complexity index is 797. The first-order valence-corrected chi connectivity index (χ1v) is 7.02. The summed E-state index contributed by atoms with van der Waals surface area (Å²) in [5.41, 5.74) is -0.0876. The van der Waals surface area contributed by atoms with Crippen molar-refractivity contribution in [2.75, 3.05) is 0 Å². The second-order valence-corrected chi connectivity index (χ2v) is 5.56. The zero-order chi connectivity index (χ0) is 14.9. The normalized spacial score (nSPS) is 11.2. The fourth-order valence-corrected chi connectivity index (χ4v) is 2.84. The zero-order valence-electron chi connectivity index (χ0n) is 10.7. The quantitative estimate of drug-likeness (QED) is 0.493. The molecule has 21 heavy (non-hydrogen) atoms. The minimum atomic E-state index is -4.31. The van der Waals surface area contributed by atoms with Crippen LogP contribution in [-0.2, 0) is 6.18 Å². The molecule has 0 aliphatic rings. The minimum absolute atomic E-state index is 0.570. The largest absolute Gasteiger partial charge is 0.416 e. The van der Waals surface area contributed by atoms with E-state index in [0.717, 1.165) is 27.1 Å². The molecule has 0 nitrogen and oxygen atoms in total. The summed E-state index contributed by atoms with van der Waals surface area (Å²) in [6, 6.07) is 14.8. The van der Waals surface area contributed by atoms with Crippen LogP contribution in [0.25, 0.3) is 10.1 Å². The molecule has 2 aromatic carbocycles. The number of thiophene rings is 1. The predicted octanol–water partition coefficient (Wildman–Crippen LogP) is 5.32. The summed E-state index contributed by atoms with van der Waals surface area (Å²) < 4.78 is 38.5. The maximum atomic E-state index is 12.5. The Morgan fingerprint density at radius 3 is 2.24 bits per heavy atom. The van der Waals surface area contributed by atoms with Crippen LogP contribution in [0.4, 0.5) is 13.2 Å². The second-order valence-electron chi connectivity index (χ2n) is 4.47. The monoisotopic (exact) mass is 302 g/mol. The van der Waals surface area contributed by atoms with Gasteiger partial charge in [-0.15, -0.1) is 11.3 Å². The molecule has 0 spiro atoms. The molecular weight excluding hydrogens is 293 g/mol. The molecule has 0 amide bonds. The van der Waals surface area contributed by atoms with Crippen LogP contribution < -0.4 is 0 Å². The van der Waals surface area contributed by atoms with E-state index in [4.69, 9.17) is 0 Å². The van der Waals surface area contributed by atoms with E-state index in [1.165, 1.54) is 12.1 Å². The molecule has 0 atom stereocenters. The standard InChI is InChI=1S/C17H9F3S/c18-17(19,20)14-8-5-12(6-9-14)7-10-15-11-13-3-1-2-4-16(13)21-15/h1-6,8-9,11H. The van der Waals surface area contributed by atoms with E-state index >= 15 is 0 Å². The van der Waals surface area contributed by atoms with Gasteiger partial charge < -0.3 is 0 Å². The lowest BCUT2D eigenvalue weighted by Crippen LogP contribution is -2.04. The molecular formula is C17H9F3S. The molecule has 0 N–H and O–H groups in total. The van der Waals surface area contributed by atoms with Crippen molar-refractivity contribution in [3.63, 3.8) is 0 Å². The van der Waals surface area contributed by atoms with Crippen molar-refractivity contribution in [1.82, 2.24) is 0 Å². The van der Waals surface area contributed by atoms with Crippen LogP contribution in [0.1, 0.15) is 16.0 Å². The Morgan fingerprint density at radius 1 is 0.857 bits per heavy atom. The van der Waals surface area contributed by atoms with Crippen molar-refractivity contribution in [3.8, 4) is 11.8 Å². The highest BCUT2D eigenvalue weighted by Crippen LogP contribution is 2.29. The highest BCUT2D eigenvalue weighted by molar-refractivity contribution is 7.19. The van der Waals surface area contributed by atoms with E-state index in [-0.39, 0.29) is 0 Å². The second kappa shape index (κ2) is 5.27. The Labute approximate surface area is 123 Å². The highest BCUT2D eigenvalue weighted by Gasteiger charge is 2.29. The summed E-state index contributed by atoms with van der Waals surface area (Å²) in [6.45, 7) is 0. The van der Waals surface area contributed by atoms with Crippen LogP contribution in [0.5, 0.6) is 0 Å². The van der Waals surface area contributed by atoms with E-state index < -0.39 is 11.7 Å². The molecule has 1 heterocycles. The Morgan fingerprint density at radius 2 is 1.57 bits per heavy atom. The van der Waals surface area contributed by atoms with Crippen LogP contribution in [0.15, 0.2) is 54.6 Å². The number of halogens is 3. The molecule has 0 aliphatic heterocycles. The summed E-state index contributed by atoms with van der Waals surface area (Å²) >= 11 is 1.57. The average Bonchev–Trinajstić information content (AvgIpc) is 2.87. The zero-order valence-corrected chi connectivity index (χ0v) is 11.6. The number of alkyl halides is 3. The van der Waals surface area contributed by atoms with E-state index in [1.54, 1.807) is 11.3 Å². The van der Waals surface area contributed by atoms with Crippen LogP contribution >= 0.6 is 11.3 Å². The molecule has 1 aromatic heterocycles. The van der Waals surface area contributed by atoms with Gasteiger partial charge in [-0.3, -0.25) is 0 Å². The summed E-state index contributed by atoms with van der Waals surface area (Å²) in [6.07, 6.45) is -4.31. The lowest BCUT2D eigenvalue weighted by molar-refractivity contribution is -0.137. The molecule has 0 aliphatic carbocycles. The number of rotatable bonds is 0. The van der Waals surface area contributed by atoms with Gasteiger partial charge in [0.05, 0.1) is 10.4 Å². The fourth-order valence-electron chi connectivity index (χ4n) is 1.92. The number of hydrogen-bond acceptors (Lipinski definition) is 1. The van der Waals surface area contributed by atoms with Crippen LogP contribution in [0.3, 0.4) is 0 Å². The Hall–Kier alpha value is -2.25. The van der Waals surface area contributed by atoms with Gasteiger partial charge in [0.2, 0.25) is 0 Å². The topological polar surface area (TPSA) is 0 Å². The van der Waals surface area contributed by atoms with Crippen molar-refractivity contribution in [2.45, 2.75) is 6.18 Å². The number of fused-ring (bicyclic) bond motifs is 1. The first kappa shape index (κ1) is 13.7. The molecule has 0 unspecified atom stereocenters. The number of hydrogen-bond donors (Lipinski definition) is 0. The van der Waals surface area contributed by atoms with Gasteiger partial charge in [-0.2, -0.15) is 13.2 Å². The van der Waals surface area contributed by atoms with Crippen LogP contribution in [0.2, 0.25) is 0 Å². The van der Waals surface area contributed by atoms with Gasteiger partial charge in [0.15, 0.2) is 0 Å². The maximum Gasteiger partial charge on any atom is 0.416 e. The first-order chi connectivity index (χ1) is 10.0. The van der Waals surface area contributed by atoms with Crippen LogP contribution in [0, 0.1) is 11.8 Å². The van der Waals surface area contributed by atoms with Crippen molar-refractivity contribution < 1.29 is 13.2 Å². The molecule has 0 saturated heterocycles. The van der Waals surface area contributed by atoms with Gasteiger partial charge in [0, 0.05) is 10.3 Å². The summed E-state index contributed by atoms with van der Waals surface area (Å²) in [5, 5.41) is 1.12. The molecule has 104 valence electrons. The van der Waals surface area contributed by atoms with Gasteiger partial charge in [0.25, 0.3) is 0 Å². The van der Waals surface area contributed by atoms with Gasteiger partial charge >= 0.3 is 6.18 Å². The summed E-state index contributed by atoms with van der Waals surface area (Å²) in [4.78, 5) is 0.899. The van der Waals surface area contributed by atoms with Crippen molar-refractivity contribution in [1.29, 1.82) is 0 Å². The third kappa shape index (κ3) is 3.09. The summed E-state index contributed by atoms with van der Waals surface area (Å²) in [5.74, 6) is 5.89. The van der Waals surface area contributed by atoms with Gasteiger partial charge in [0.1, 0.15) is 0 Å². The molecule has 0 fully saturated rings. The average molecular weight is 302 g/mol. The van der Waals surface area contributed by atoms with E-state index in [9.17, 15) is 13.2 Å². The molecule has 0 radical (unpaired) electrons. The molecule has 3 rings (SSSR count). The van der Waals surface area contributed by atoms with Gasteiger partial charge in [-0.25, -0.2) is 0 Å². The maximum absolute atomic E-state index is 12.5. The fraction of sp³-hybridized carbons (Fsp3) is 0.0588. The lowest BCUT2D eigenvalue weighted by atomic mass is 10.1. The third-order valence-corrected chi connectivity index (χ3v) is 4.00. The van der Waals surface area contributed by atoms with Gasteiger partial charge in [-0.05, 0) is 41.8 Å². The Balaban J connectivity index is 1.87. The van der Waals surface area contributed by atoms with Crippen molar-refractivity contribution in [2.24, 2.45) is 0 Å². The first-order valence-electron chi connectivity index (χ1n) is 6.20.